The number of carbonyl (C=O) groups excluding carboxylic acids is 2. The van der Waals surface area contributed by atoms with Gasteiger partial charge < -0.3 is 10.2 Å². The lowest BCUT2D eigenvalue weighted by atomic mass is 10.1. The number of piperazine rings is 1. The number of nitrogens with zero attached hydrogens (tertiary/aromatic N) is 3. The van der Waals surface area contributed by atoms with Gasteiger partial charge in [0.15, 0.2) is 0 Å². The van der Waals surface area contributed by atoms with Crippen molar-refractivity contribution in [3.63, 3.8) is 0 Å². The largest absolute Gasteiger partial charge is 0.336 e. The zero-order chi connectivity index (χ0) is 22.7. The molecule has 0 aliphatic carbocycles. The van der Waals surface area contributed by atoms with Gasteiger partial charge >= 0.3 is 0 Å². The number of carbonyl (C=O) groups is 2. The smallest absolute Gasteiger partial charge is 0.271 e. The van der Waals surface area contributed by atoms with E-state index in [2.05, 4.69) is 5.32 Å². The van der Waals surface area contributed by atoms with E-state index in [-0.39, 0.29) is 32.9 Å². The van der Waals surface area contributed by atoms with Gasteiger partial charge in [0, 0.05) is 43.3 Å². The van der Waals surface area contributed by atoms with Crippen LogP contribution in [0.5, 0.6) is 0 Å². The Morgan fingerprint density at radius 2 is 1.81 bits per heavy atom. The summed E-state index contributed by atoms with van der Waals surface area (Å²) in [6, 6.07) is 7.10. The van der Waals surface area contributed by atoms with Gasteiger partial charge in [0.1, 0.15) is 5.82 Å². The Morgan fingerprint density at radius 3 is 2.42 bits per heavy atom. The molecule has 31 heavy (non-hydrogen) atoms. The van der Waals surface area contributed by atoms with Crippen molar-refractivity contribution < 1.29 is 18.9 Å². The molecule has 1 unspecified atom stereocenters. The van der Waals surface area contributed by atoms with Crippen LogP contribution in [0.1, 0.15) is 17.3 Å². The number of anilines is 1. The number of nitro benzene ring substituents is 1. The van der Waals surface area contributed by atoms with E-state index in [1.807, 2.05) is 4.90 Å². The molecular weight excluding hydrogens is 450 g/mol. The maximum atomic E-state index is 14.0. The number of nitro groups is 1. The zero-order valence-electron chi connectivity index (χ0n) is 16.5. The van der Waals surface area contributed by atoms with Crippen molar-refractivity contribution in [1.82, 2.24) is 9.80 Å². The highest BCUT2D eigenvalue weighted by Crippen LogP contribution is 2.27. The first kappa shape index (κ1) is 22.9. The molecule has 0 spiro atoms. The summed E-state index contributed by atoms with van der Waals surface area (Å²) in [5.41, 5.74) is 0.0156. The topological polar surface area (TPSA) is 95.8 Å². The Bertz CT molecular complexity index is 1030. The number of rotatable bonds is 5. The fourth-order valence-corrected chi connectivity index (χ4v) is 3.66. The monoisotopic (exact) mass is 468 g/mol. The van der Waals surface area contributed by atoms with Gasteiger partial charge in [0.25, 0.3) is 11.6 Å². The van der Waals surface area contributed by atoms with Crippen molar-refractivity contribution in [3.8, 4) is 0 Å². The van der Waals surface area contributed by atoms with Gasteiger partial charge in [-0.3, -0.25) is 24.6 Å². The summed E-state index contributed by atoms with van der Waals surface area (Å²) in [5.74, 6) is -1.42. The molecule has 2 amide bonds. The number of nitrogens with one attached hydrogen (secondary N) is 1. The summed E-state index contributed by atoms with van der Waals surface area (Å²) in [5, 5.41) is 13.8. The molecule has 0 saturated carbocycles. The Morgan fingerprint density at radius 1 is 1.13 bits per heavy atom. The molecule has 1 heterocycles. The first-order valence-corrected chi connectivity index (χ1v) is 10.2. The van der Waals surface area contributed by atoms with Crippen LogP contribution in [0, 0.1) is 15.9 Å². The molecule has 1 fully saturated rings. The lowest BCUT2D eigenvalue weighted by Gasteiger charge is -2.37. The first-order valence-electron chi connectivity index (χ1n) is 9.40. The van der Waals surface area contributed by atoms with Gasteiger partial charge in [-0.15, -0.1) is 0 Å². The van der Waals surface area contributed by atoms with Crippen molar-refractivity contribution in [3.05, 3.63) is 67.9 Å². The summed E-state index contributed by atoms with van der Waals surface area (Å²) in [6.45, 7) is 3.18. The molecule has 164 valence electrons. The summed E-state index contributed by atoms with van der Waals surface area (Å²) in [4.78, 5) is 38.8. The Labute approximate surface area is 187 Å². The van der Waals surface area contributed by atoms with Gasteiger partial charge in [0.05, 0.1) is 27.2 Å². The standard InChI is InChI=1S/C20H19Cl2FN4O4/c1-12(19(28)24-18-5-3-14(27(30)31)11-16(18)22)25-6-8-26(9-7-25)20(29)15-10-13(21)2-4-17(15)23/h2-5,10-12H,6-9H2,1H3,(H,24,28). The van der Waals surface area contributed by atoms with Crippen LogP contribution in [-0.2, 0) is 4.79 Å². The van der Waals surface area contributed by atoms with Gasteiger partial charge in [0.2, 0.25) is 5.91 Å². The van der Waals surface area contributed by atoms with E-state index in [1.165, 1.54) is 35.2 Å². The van der Waals surface area contributed by atoms with Gasteiger partial charge in [-0.05, 0) is 31.2 Å². The number of non-ortho nitro benzene ring substituents is 1. The Kier molecular flexibility index (Phi) is 7.09. The van der Waals surface area contributed by atoms with Crippen LogP contribution in [0.25, 0.3) is 0 Å². The molecule has 1 aliphatic rings. The minimum absolute atomic E-state index is 0.0636. The van der Waals surface area contributed by atoms with Crippen molar-refractivity contribution in [1.29, 1.82) is 0 Å². The van der Waals surface area contributed by atoms with Crippen molar-refractivity contribution in [2.75, 3.05) is 31.5 Å². The Balaban J connectivity index is 1.59. The van der Waals surface area contributed by atoms with Gasteiger partial charge in [-0.25, -0.2) is 4.39 Å². The van der Waals surface area contributed by atoms with Gasteiger partial charge in [-0.2, -0.15) is 0 Å². The predicted octanol–water partition coefficient (Wildman–Crippen LogP) is 3.83. The SMILES string of the molecule is CC(C(=O)Nc1ccc([N+](=O)[O-])cc1Cl)N1CCN(C(=O)c2cc(Cl)ccc2F)CC1. The molecule has 1 N–H and O–H groups in total. The summed E-state index contributed by atoms with van der Waals surface area (Å²) in [7, 11) is 0. The lowest BCUT2D eigenvalue weighted by molar-refractivity contribution is -0.384. The molecule has 0 aromatic heterocycles. The highest BCUT2D eigenvalue weighted by Gasteiger charge is 2.29. The fraction of sp³-hybridized carbons (Fsp3) is 0.300. The van der Waals surface area contributed by atoms with Crippen LogP contribution in [0.3, 0.4) is 0 Å². The number of halogens is 3. The second-order valence-electron chi connectivity index (χ2n) is 7.04. The third-order valence-electron chi connectivity index (χ3n) is 5.11. The normalized spacial score (nSPS) is 15.4. The fourth-order valence-electron chi connectivity index (χ4n) is 3.27. The van der Waals surface area contributed by atoms with Crippen molar-refractivity contribution >= 4 is 46.4 Å². The number of hydrogen-bond acceptors (Lipinski definition) is 5. The Hall–Kier alpha value is -2.75. The third-order valence-corrected chi connectivity index (χ3v) is 5.66. The highest BCUT2D eigenvalue weighted by molar-refractivity contribution is 6.34. The molecule has 8 nitrogen and oxygen atoms in total. The molecule has 1 aliphatic heterocycles. The van der Waals surface area contributed by atoms with E-state index in [4.69, 9.17) is 23.2 Å². The minimum atomic E-state index is -0.635. The number of benzene rings is 2. The second kappa shape index (κ2) is 9.59. The maximum Gasteiger partial charge on any atom is 0.271 e. The average molecular weight is 469 g/mol. The summed E-state index contributed by atoms with van der Waals surface area (Å²) < 4.78 is 14.0. The van der Waals surface area contributed by atoms with Crippen LogP contribution in [0.15, 0.2) is 36.4 Å². The molecule has 0 bridgehead atoms. The van der Waals surface area contributed by atoms with Crippen LogP contribution in [-0.4, -0.2) is 58.8 Å². The van der Waals surface area contributed by atoms with Gasteiger partial charge in [-0.1, -0.05) is 23.2 Å². The predicted molar refractivity (Wildman–Crippen MR) is 115 cm³/mol. The molecule has 3 rings (SSSR count). The minimum Gasteiger partial charge on any atom is -0.336 e. The van der Waals surface area contributed by atoms with Crippen LogP contribution in [0.4, 0.5) is 15.8 Å². The quantitative estimate of drug-likeness (QED) is 0.531. The molecular formula is C20H19Cl2FN4O4. The van der Waals surface area contributed by atoms with Crippen molar-refractivity contribution in [2.24, 2.45) is 0 Å². The molecule has 1 atom stereocenters. The summed E-state index contributed by atoms with van der Waals surface area (Å²) in [6.07, 6.45) is 0. The third kappa shape index (κ3) is 5.30. The number of hydrogen-bond donors (Lipinski definition) is 1. The van der Waals surface area contributed by atoms with E-state index in [9.17, 15) is 24.1 Å². The van der Waals surface area contributed by atoms with Crippen molar-refractivity contribution in [2.45, 2.75) is 13.0 Å². The lowest BCUT2D eigenvalue weighted by Crippen LogP contribution is -2.54. The number of amides is 2. The zero-order valence-corrected chi connectivity index (χ0v) is 18.0. The molecule has 0 radical (unpaired) electrons. The molecule has 11 heteroatoms. The molecule has 2 aromatic rings. The summed E-state index contributed by atoms with van der Waals surface area (Å²) >= 11 is 11.9. The van der Waals surface area contributed by atoms with E-state index >= 15 is 0 Å². The maximum absolute atomic E-state index is 14.0. The van der Waals surface area contributed by atoms with E-state index in [1.54, 1.807) is 6.92 Å². The average Bonchev–Trinajstić information content (AvgIpc) is 2.75. The highest BCUT2D eigenvalue weighted by atomic mass is 35.5. The van der Waals surface area contributed by atoms with Crippen LogP contribution >= 0.6 is 23.2 Å². The van der Waals surface area contributed by atoms with E-state index in [0.29, 0.717) is 26.2 Å². The van der Waals surface area contributed by atoms with E-state index in [0.717, 1.165) is 6.07 Å². The first-order chi connectivity index (χ1) is 14.7. The molecule has 2 aromatic carbocycles. The second-order valence-corrected chi connectivity index (χ2v) is 7.88. The van der Waals surface area contributed by atoms with Crippen LogP contribution < -0.4 is 5.32 Å². The van der Waals surface area contributed by atoms with Crippen LogP contribution in [0.2, 0.25) is 10.0 Å². The van der Waals surface area contributed by atoms with E-state index < -0.39 is 22.7 Å². The molecule has 1 saturated heterocycles.